The first-order valence-corrected chi connectivity index (χ1v) is 9.50. The van der Waals surface area contributed by atoms with Crippen molar-refractivity contribution in [3.63, 3.8) is 0 Å². The summed E-state index contributed by atoms with van der Waals surface area (Å²) in [5, 5.41) is 8.68. The Morgan fingerprint density at radius 1 is 1.27 bits per heavy atom. The van der Waals surface area contributed by atoms with Crippen LogP contribution in [0.1, 0.15) is 45.7 Å². The van der Waals surface area contributed by atoms with E-state index in [1.54, 1.807) is 0 Å². The Morgan fingerprint density at radius 2 is 1.96 bits per heavy atom. The summed E-state index contributed by atoms with van der Waals surface area (Å²) in [6.45, 7) is 7.48. The van der Waals surface area contributed by atoms with Crippen LogP contribution in [-0.2, 0) is 16.0 Å². The van der Waals surface area contributed by atoms with Crippen LogP contribution in [0.3, 0.4) is 0 Å². The second-order valence-corrected chi connectivity index (χ2v) is 8.56. The number of hydrogen-bond donors (Lipinski definition) is 2. The predicted molar refractivity (Wildman–Crippen MR) is 110 cm³/mol. The van der Waals surface area contributed by atoms with Crippen LogP contribution in [0.5, 0.6) is 0 Å². The van der Waals surface area contributed by atoms with Crippen molar-refractivity contribution in [2.45, 2.75) is 58.5 Å². The average molecular weight is 423 g/mol. The van der Waals surface area contributed by atoms with Crippen LogP contribution < -0.4 is 10.6 Å². The highest BCUT2D eigenvalue weighted by atomic mass is 35.5. The van der Waals surface area contributed by atoms with Gasteiger partial charge in [-0.1, -0.05) is 20.8 Å². The van der Waals surface area contributed by atoms with E-state index in [1.165, 1.54) is 11.3 Å². The fourth-order valence-electron chi connectivity index (χ4n) is 3.37. The molecule has 3 heterocycles. The maximum Gasteiger partial charge on any atom is 0.231 e. The Bertz CT molecular complexity index is 619. The fourth-order valence-corrected chi connectivity index (χ4v) is 4.07. The standard InChI is InChI=1S/C17H26N4O2S.2ClH/c1-17(2,3)15(23)20-16-19-11(10-24-16)8-14(22)21-12-4-5-13(21)9-18-7-6-12;;/h10,12-13,18H,4-9H2,1-3H3,(H,19,20,23);2*1H. The van der Waals surface area contributed by atoms with Crippen molar-refractivity contribution in [3.05, 3.63) is 11.1 Å². The van der Waals surface area contributed by atoms with Gasteiger partial charge in [-0.25, -0.2) is 4.98 Å². The predicted octanol–water partition coefficient (Wildman–Crippen LogP) is 2.87. The van der Waals surface area contributed by atoms with Gasteiger partial charge in [-0.15, -0.1) is 36.2 Å². The lowest BCUT2D eigenvalue weighted by Gasteiger charge is -2.27. The van der Waals surface area contributed by atoms with E-state index >= 15 is 0 Å². The molecule has 1 aromatic heterocycles. The molecule has 3 rings (SSSR count). The number of nitrogens with one attached hydrogen (secondary N) is 2. The molecule has 2 unspecified atom stereocenters. The molecule has 0 aromatic carbocycles. The topological polar surface area (TPSA) is 74.3 Å². The normalized spacial score (nSPS) is 22.0. The Balaban J connectivity index is 0.00000169. The van der Waals surface area contributed by atoms with Gasteiger partial charge in [0.25, 0.3) is 0 Å². The third-order valence-electron chi connectivity index (χ3n) is 4.73. The largest absolute Gasteiger partial charge is 0.335 e. The zero-order valence-electron chi connectivity index (χ0n) is 15.4. The molecular formula is C17H28Cl2N4O2S. The van der Waals surface area contributed by atoms with Gasteiger partial charge in [-0.05, 0) is 25.8 Å². The molecule has 0 aliphatic carbocycles. The maximum absolute atomic E-state index is 12.7. The number of halogens is 2. The molecule has 148 valence electrons. The second kappa shape index (κ2) is 9.35. The molecule has 2 aliphatic rings. The quantitative estimate of drug-likeness (QED) is 0.784. The van der Waals surface area contributed by atoms with Crippen molar-refractivity contribution in [2.24, 2.45) is 5.41 Å². The van der Waals surface area contributed by atoms with E-state index in [0.717, 1.165) is 38.0 Å². The highest BCUT2D eigenvalue weighted by molar-refractivity contribution is 7.13. The van der Waals surface area contributed by atoms with Crippen molar-refractivity contribution in [1.29, 1.82) is 0 Å². The van der Waals surface area contributed by atoms with Gasteiger partial charge in [0.15, 0.2) is 5.13 Å². The number of fused-ring (bicyclic) bond motifs is 2. The zero-order chi connectivity index (χ0) is 17.3. The molecule has 2 bridgehead atoms. The Hall–Kier alpha value is -0.890. The van der Waals surface area contributed by atoms with E-state index in [2.05, 4.69) is 20.5 Å². The summed E-state index contributed by atoms with van der Waals surface area (Å²) in [5.41, 5.74) is 0.283. The van der Waals surface area contributed by atoms with Gasteiger partial charge in [0.1, 0.15) is 0 Å². The lowest BCUT2D eigenvalue weighted by molar-refractivity contribution is -0.133. The van der Waals surface area contributed by atoms with E-state index in [0.29, 0.717) is 23.6 Å². The van der Waals surface area contributed by atoms with Gasteiger partial charge in [0.05, 0.1) is 12.1 Å². The molecule has 0 saturated carbocycles. The molecule has 2 atom stereocenters. The smallest absolute Gasteiger partial charge is 0.231 e. The Morgan fingerprint density at radius 3 is 2.65 bits per heavy atom. The molecule has 2 aliphatic heterocycles. The van der Waals surface area contributed by atoms with E-state index in [1.807, 2.05) is 26.2 Å². The Kier molecular flexibility index (Phi) is 8.33. The van der Waals surface area contributed by atoms with Crippen LogP contribution in [0.25, 0.3) is 0 Å². The van der Waals surface area contributed by atoms with Crippen LogP contribution in [0.15, 0.2) is 5.38 Å². The number of nitrogens with zero attached hydrogens (tertiary/aromatic N) is 2. The summed E-state index contributed by atoms with van der Waals surface area (Å²) >= 11 is 1.38. The monoisotopic (exact) mass is 422 g/mol. The SMILES string of the molecule is CC(C)(C)C(=O)Nc1nc(CC(=O)N2C3CCNCC2CC3)cs1.Cl.Cl. The van der Waals surface area contributed by atoms with Crippen LogP contribution in [0.2, 0.25) is 0 Å². The van der Waals surface area contributed by atoms with Gasteiger partial charge in [0.2, 0.25) is 11.8 Å². The molecule has 1 aromatic rings. The molecular weight excluding hydrogens is 395 g/mol. The summed E-state index contributed by atoms with van der Waals surface area (Å²) in [6.07, 6.45) is 3.55. The summed E-state index contributed by atoms with van der Waals surface area (Å²) in [4.78, 5) is 31.3. The second-order valence-electron chi connectivity index (χ2n) is 7.70. The molecule has 9 heteroatoms. The van der Waals surface area contributed by atoms with Crippen molar-refractivity contribution < 1.29 is 9.59 Å². The summed E-state index contributed by atoms with van der Waals surface area (Å²) < 4.78 is 0. The molecule has 2 saturated heterocycles. The van der Waals surface area contributed by atoms with E-state index in [9.17, 15) is 9.59 Å². The number of hydrogen-bond acceptors (Lipinski definition) is 5. The maximum atomic E-state index is 12.7. The molecule has 2 fully saturated rings. The van der Waals surface area contributed by atoms with Crippen molar-refractivity contribution in [2.75, 3.05) is 18.4 Å². The minimum Gasteiger partial charge on any atom is -0.335 e. The molecule has 26 heavy (non-hydrogen) atoms. The van der Waals surface area contributed by atoms with Crippen LogP contribution in [0, 0.1) is 5.41 Å². The van der Waals surface area contributed by atoms with Gasteiger partial charge >= 0.3 is 0 Å². The van der Waals surface area contributed by atoms with Crippen molar-refractivity contribution in [1.82, 2.24) is 15.2 Å². The van der Waals surface area contributed by atoms with Gasteiger partial charge in [0, 0.05) is 29.4 Å². The zero-order valence-corrected chi connectivity index (χ0v) is 17.9. The molecule has 2 amide bonds. The number of carbonyl (C=O) groups is 2. The first-order chi connectivity index (χ1) is 11.3. The fraction of sp³-hybridized carbons (Fsp3) is 0.706. The van der Waals surface area contributed by atoms with Crippen LogP contribution in [0.4, 0.5) is 5.13 Å². The third-order valence-corrected chi connectivity index (χ3v) is 5.53. The minimum absolute atomic E-state index is 0. The number of thiazole rings is 1. The van der Waals surface area contributed by atoms with E-state index in [4.69, 9.17) is 0 Å². The number of rotatable bonds is 3. The Labute approximate surface area is 171 Å². The minimum atomic E-state index is -0.458. The summed E-state index contributed by atoms with van der Waals surface area (Å²) in [5.74, 6) is 0.0940. The molecule has 2 N–H and O–H groups in total. The van der Waals surface area contributed by atoms with Gasteiger partial charge < -0.3 is 15.5 Å². The average Bonchev–Trinajstić information content (AvgIpc) is 3.01. The molecule has 6 nitrogen and oxygen atoms in total. The van der Waals surface area contributed by atoms with Crippen molar-refractivity contribution >= 4 is 53.1 Å². The van der Waals surface area contributed by atoms with Gasteiger partial charge in [-0.3, -0.25) is 9.59 Å². The number of amides is 2. The van der Waals surface area contributed by atoms with E-state index < -0.39 is 5.41 Å². The number of carbonyl (C=O) groups excluding carboxylic acids is 2. The first kappa shape index (κ1) is 23.1. The highest BCUT2D eigenvalue weighted by Gasteiger charge is 2.37. The van der Waals surface area contributed by atoms with Crippen molar-refractivity contribution in [3.8, 4) is 0 Å². The molecule has 0 radical (unpaired) electrons. The number of anilines is 1. The van der Waals surface area contributed by atoms with Crippen LogP contribution in [-0.4, -0.2) is 46.9 Å². The first-order valence-electron chi connectivity index (χ1n) is 8.62. The third kappa shape index (κ3) is 5.31. The van der Waals surface area contributed by atoms with Gasteiger partial charge in [-0.2, -0.15) is 0 Å². The summed E-state index contributed by atoms with van der Waals surface area (Å²) in [6, 6.07) is 0.694. The lowest BCUT2D eigenvalue weighted by atomic mass is 9.96. The lowest BCUT2D eigenvalue weighted by Crippen LogP contribution is -2.43. The highest BCUT2D eigenvalue weighted by Crippen LogP contribution is 2.29. The summed E-state index contributed by atoms with van der Waals surface area (Å²) in [7, 11) is 0. The molecule has 0 spiro atoms. The van der Waals surface area contributed by atoms with Crippen LogP contribution >= 0.6 is 36.2 Å². The van der Waals surface area contributed by atoms with E-state index in [-0.39, 0.29) is 36.6 Å². The number of aromatic nitrogens is 1.